The molecule has 1 aliphatic rings. The molecule has 1 atom stereocenters. The predicted molar refractivity (Wildman–Crippen MR) is 74.0 cm³/mol. The van der Waals surface area contributed by atoms with Crippen LogP contribution in [-0.4, -0.2) is 47.8 Å². The van der Waals surface area contributed by atoms with E-state index in [0.29, 0.717) is 5.75 Å². The van der Waals surface area contributed by atoms with Crippen LogP contribution in [-0.2, 0) is 9.59 Å². The van der Waals surface area contributed by atoms with E-state index in [1.54, 1.807) is 31.2 Å². The quantitative estimate of drug-likeness (QED) is 0.919. The summed E-state index contributed by atoms with van der Waals surface area (Å²) in [6, 6.07) is 6.91. The lowest BCUT2D eigenvalue weighted by molar-refractivity contribution is -0.227. The van der Waals surface area contributed by atoms with Gasteiger partial charge in [-0.05, 0) is 25.0 Å². The average Bonchev–Trinajstić information content (AvgIpc) is 2.92. The van der Waals surface area contributed by atoms with Gasteiger partial charge in [-0.3, -0.25) is 9.59 Å². The van der Waals surface area contributed by atoms with Gasteiger partial charge in [-0.2, -0.15) is 13.2 Å². The minimum atomic E-state index is -4.91. The van der Waals surface area contributed by atoms with Crippen LogP contribution in [0.3, 0.4) is 0 Å². The van der Waals surface area contributed by atoms with Crippen LogP contribution in [0.5, 0.6) is 5.75 Å². The number of likely N-dealkylation sites (tertiary alicyclic amines) is 1. The fourth-order valence-corrected chi connectivity index (χ4v) is 2.50. The third kappa shape index (κ3) is 3.25. The highest BCUT2D eigenvalue weighted by atomic mass is 19.4. The molecule has 0 radical (unpaired) electrons. The van der Waals surface area contributed by atoms with Crippen molar-refractivity contribution in [1.82, 2.24) is 4.90 Å². The normalized spacial score (nSPS) is 21.3. The molecule has 2 rings (SSSR count). The van der Waals surface area contributed by atoms with E-state index in [2.05, 4.69) is 0 Å². The molecule has 0 bridgehead atoms. The number of nitrogens with zero attached hydrogens (tertiary/aromatic N) is 1. The van der Waals surface area contributed by atoms with Crippen molar-refractivity contribution in [3.8, 4) is 5.75 Å². The first-order valence-corrected chi connectivity index (χ1v) is 6.94. The molecule has 23 heavy (non-hydrogen) atoms. The minimum absolute atomic E-state index is 0.262. The Balaban J connectivity index is 2.02. The second kappa shape index (κ2) is 6.10. The molecule has 0 aromatic heterocycles. The third-order valence-corrected chi connectivity index (χ3v) is 4.02. The van der Waals surface area contributed by atoms with Crippen molar-refractivity contribution >= 4 is 11.9 Å². The Morgan fingerprint density at radius 1 is 1.35 bits per heavy atom. The monoisotopic (exact) mass is 331 g/mol. The smallest absolute Gasteiger partial charge is 0.406 e. The maximum Gasteiger partial charge on any atom is 0.406 e. The molecule has 1 saturated heterocycles. The van der Waals surface area contributed by atoms with Gasteiger partial charge in [0, 0.05) is 13.1 Å². The first-order valence-electron chi connectivity index (χ1n) is 6.94. The van der Waals surface area contributed by atoms with Crippen LogP contribution in [0, 0.1) is 12.3 Å². The number of carboxylic acids is 1. The van der Waals surface area contributed by atoms with Crippen LogP contribution in [0.2, 0.25) is 0 Å². The summed E-state index contributed by atoms with van der Waals surface area (Å²) >= 11 is 0. The van der Waals surface area contributed by atoms with Crippen molar-refractivity contribution < 1.29 is 32.6 Å². The summed E-state index contributed by atoms with van der Waals surface area (Å²) in [5.41, 5.74) is -2.11. The van der Waals surface area contributed by atoms with E-state index in [1.165, 1.54) is 0 Å². The van der Waals surface area contributed by atoms with Crippen LogP contribution >= 0.6 is 0 Å². The van der Waals surface area contributed by atoms with Crippen molar-refractivity contribution in [3.63, 3.8) is 0 Å². The number of carboxylic acid groups (broad SMARTS) is 1. The molecule has 8 heteroatoms. The topological polar surface area (TPSA) is 66.8 Å². The van der Waals surface area contributed by atoms with Gasteiger partial charge >= 0.3 is 12.1 Å². The maximum atomic E-state index is 13.1. The zero-order valence-electron chi connectivity index (χ0n) is 12.4. The molecule has 1 heterocycles. The Hall–Kier alpha value is -2.25. The molecular formula is C15H16F3NO4. The number of amides is 1. The lowest BCUT2D eigenvalue weighted by atomic mass is 9.86. The molecule has 126 valence electrons. The van der Waals surface area contributed by atoms with E-state index in [9.17, 15) is 22.8 Å². The Kier molecular flexibility index (Phi) is 4.53. The summed E-state index contributed by atoms with van der Waals surface area (Å²) < 4.78 is 44.5. The summed E-state index contributed by atoms with van der Waals surface area (Å²) in [6.07, 6.45) is -5.56. The first-order chi connectivity index (χ1) is 10.7. The SMILES string of the molecule is Cc1ccccc1OCC(=O)N1CCC(C(=O)O)(C(F)(F)F)C1. The Morgan fingerprint density at radius 3 is 2.52 bits per heavy atom. The van der Waals surface area contributed by atoms with Crippen molar-refractivity contribution in [2.45, 2.75) is 19.5 Å². The molecule has 1 fully saturated rings. The highest BCUT2D eigenvalue weighted by Crippen LogP contribution is 2.45. The minimum Gasteiger partial charge on any atom is -0.484 e. The van der Waals surface area contributed by atoms with Gasteiger partial charge in [-0.25, -0.2) is 0 Å². The number of aliphatic carboxylic acids is 1. The van der Waals surface area contributed by atoms with Crippen LogP contribution < -0.4 is 4.74 Å². The van der Waals surface area contributed by atoms with E-state index in [1.807, 2.05) is 0 Å². The van der Waals surface area contributed by atoms with Crippen molar-refractivity contribution in [2.75, 3.05) is 19.7 Å². The molecule has 1 aliphatic heterocycles. The van der Waals surface area contributed by atoms with Gasteiger partial charge < -0.3 is 14.7 Å². The van der Waals surface area contributed by atoms with Crippen molar-refractivity contribution in [1.29, 1.82) is 0 Å². The van der Waals surface area contributed by atoms with E-state index < -0.39 is 43.0 Å². The number of hydrogen-bond acceptors (Lipinski definition) is 3. The Labute approximate surface area is 130 Å². The second-order valence-corrected chi connectivity index (χ2v) is 5.50. The lowest BCUT2D eigenvalue weighted by Crippen LogP contribution is -2.48. The van der Waals surface area contributed by atoms with Gasteiger partial charge in [-0.1, -0.05) is 18.2 Å². The van der Waals surface area contributed by atoms with Crippen LogP contribution in [0.4, 0.5) is 13.2 Å². The molecule has 1 aromatic rings. The molecule has 0 spiro atoms. The number of benzene rings is 1. The number of carbonyl (C=O) groups excluding carboxylic acids is 1. The summed E-state index contributed by atoms with van der Waals surface area (Å²) in [4.78, 5) is 24.0. The molecule has 1 aromatic carbocycles. The van der Waals surface area contributed by atoms with Crippen LogP contribution in [0.15, 0.2) is 24.3 Å². The third-order valence-electron chi connectivity index (χ3n) is 4.02. The van der Waals surface area contributed by atoms with Gasteiger partial charge in [-0.15, -0.1) is 0 Å². The molecule has 0 saturated carbocycles. The fourth-order valence-electron chi connectivity index (χ4n) is 2.50. The highest BCUT2D eigenvalue weighted by molar-refractivity contribution is 5.82. The molecule has 1 unspecified atom stereocenters. The van der Waals surface area contributed by atoms with Gasteiger partial charge in [0.25, 0.3) is 5.91 Å². The zero-order chi connectivity index (χ0) is 17.3. The number of rotatable bonds is 4. The van der Waals surface area contributed by atoms with Crippen molar-refractivity contribution in [3.05, 3.63) is 29.8 Å². The molecule has 1 N–H and O–H groups in total. The van der Waals surface area contributed by atoms with E-state index in [0.717, 1.165) is 10.5 Å². The Morgan fingerprint density at radius 2 is 2.00 bits per heavy atom. The molecular weight excluding hydrogens is 315 g/mol. The summed E-state index contributed by atoms with van der Waals surface area (Å²) in [5, 5.41) is 8.95. The van der Waals surface area contributed by atoms with Gasteiger partial charge in [0.15, 0.2) is 12.0 Å². The standard InChI is InChI=1S/C15H16F3NO4/c1-10-4-2-3-5-11(10)23-8-12(20)19-7-6-14(9-19,13(21)22)15(16,17)18/h2-5H,6-9H2,1H3,(H,21,22). The highest BCUT2D eigenvalue weighted by Gasteiger charge is 2.64. The van der Waals surface area contributed by atoms with Crippen LogP contribution in [0.1, 0.15) is 12.0 Å². The van der Waals surface area contributed by atoms with E-state index in [-0.39, 0.29) is 6.54 Å². The number of hydrogen-bond donors (Lipinski definition) is 1. The number of para-hydroxylation sites is 1. The number of halogens is 3. The average molecular weight is 331 g/mol. The number of alkyl halides is 3. The first kappa shape index (κ1) is 17.1. The van der Waals surface area contributed by atoms with E-state index in [4.69, 9.17) is 9.84 Å². The molecule has 5 nitrogen and oxygen atoms in total. The van der Waals surface area contributed by atoms with Gasteiger partial charge in [0.1, 0.15) is 5.75 Å². The van der Waals surface area contributed by atoms with Gasteiger partial charge in [0.05, 0.1) is 0 Å². The number of ether oxygens (including phenoxy) is 1. The number of aryl methyl sites for hydroxylation is 1. The fraction of sp³-hybridized carbons (Fsp3) is 0.467. The second-order valence-electron chi connectivity index (χ2n) is 5.50. The predicted octanol–water partition coefficient (Wildman–Crippen LogP) is 2.24. The molecule has 0 aliphatic carbocycles. The van der Waals surface area contributed by atoms with Gasteiger partial charge in [0.2, 0.25) is 0 Å². The largest absolute Gasteiger partial charge is 0.484 e. The Bertz CT molecular complexity index is 617. The molecule has 1 amide bonds. The summed E-state index contributed by atoms with van der Waals surface area (Å²) in [5.74, 6) is -2.17. The zero-order valence-corrected chi connectivity index (χ0v) is 12.4. The van der Waals surface area contributed by atoms with Crippen LogP contribution in [0.25, 0.3) is 0 Å². The number of carbonyl (C=O) groups is 2. The van der Waals surface area contributed by atoms with Crippen molar-refractivity contribution in [2.24, 2.45) is 5.41 Å². The summed E-state index contributed by atoms with van der Waals surface area (Å²) in [6.45, 7) is 0.191. The lowest BCUT2D eigenvalue weighted by Gasteiger charge is -2.27. The maximum absolute atomic E-state index is 13.1. The summed E-state index contributed by atoms with van der Waals surface area (Å²) in [7, 11) is 0. The van der Waals surface area contributed by atoms with E-state index >= 15 is 0 Å².